The summed E-state index contributed by atoms with van der Waals surface area (Å²) >= 11 is 0. The zero-order chi connectivity index (χ0) is 63.6. The number of rotatable bonds is 10. The number of benzene rings is 13. The molecule has 450 valence electrons. The van der Waals surface area contributed by atoms with Crippen LogP contribution in [0.1, 0.15) is 25.0 Å². The zero-order valence-electron chi connectivity index (χ0n) is 52.2. The molecule has 13 aromatic carbocycles. The average Bonchev–Trinajstić information content (AvgIpc) is 1.55. The normalized spacial score (nSPS) is 12.6. The van der Waals surface area contributed by atoms with Gasteiger partial charge in [-0.25, -0.2) is 29.9 Å². The van der Waals surface area contributed by atoms with Crippen molar-refractivity contribution in [2.75, 3.05) is 0 Å². The van der Waals surface area contributed by atoms with Crippen molar-refractivity contribution in [3.05, 3.63) is 308 Å². The van der Waals surface area contributed by atoms with Crippen LogP contribution in [-0.2, 0) is 5.41 Å². The fourth-order valence-electron chi connectivity index (χ4n) is 14.7. The van der Waals surface area contributed by atoms with Gasteiger partial charge in [0.2, 0.25) is 0 Å². The summed E-state index contributed by atoms with van der Waals surface area (Å²) < 4.78 is 16.1. The van der Waals surface area contributed by atoms with Gasteiger partial charge in [0.25, 0.3) is 0 Å². The molecule has 96 heavy (non-hydrogen) atoms. The number of furan rings is 2. The minimum absolute atomic E-state index is 0.171. The Kier molecular flexibility index (Phi) is 12.4. The van der Waals surface area contributed by atoms with Crippen molar-refractivity contribution in [1.29, 1.82) is 0 Å². The summed E-state index contributed by atoms with van der Waals surface area (Å²) in [5.74, 6) is 3.35. The number of hydrogen-bond donors (Lipinski definition) is 0. The fourth-order valence-corrected chi connectivity index (χ4v) is 14.7. The van der Waals surface area contributed by atoms with E-state index in [1.165, 1.54) is 33.2 Å². The van der Waals surface area contributed by atoms with Crippen LogP contribution in [-0.4, -0.2) is 34.5 Å². The monoisotopic (exact) mass is 1230 g/mol. The maximum absolute atomic E-state index is 7.29. The van der Waals surface area contributed by atoms with Crippen LogP contribution in [0.25, 0.3) is 184 Å². The quantitative estimate of drug-likeness (QED) is 0.133. The third-order valence-corrected chi connectivity index (χ3v) is 19.3. The van der Waals surface area contributed by atoms with Crippen molar-refractivity contribution in [2.45, 2.75) is 19.3 Å². The minimum Gasteiger partial charge on any atom is -0.456 e. The molecule has 1 aliphatic rings. The Balaban J connectivity index is 0.801. The van der Waals surface area contributed by atoms with Gasteiger partial charge >= 0.3 is 0 Å². The topological polar surface area (TPSA) is 109 Å². The second kappa shape index (κ2) is 21.7. The van der Waals surface area contributed by atoms with Crippen molar-refractivity contribution in [3.8, 4) is 119 Å². The van der Waals surface area contributed by atoms with Crippen LogP contribution in [0.15, 0.2) is 306 Å². The lowest BCUT2D eigenvalue weighted by Crippen LogP contribution is -2.14. The summed E-state index contributed by atoms with van der Waals surface area (Å²) in [6.45, 7) is 4.70. The first kappa shape index (κ1) is 55.0. The fraction of sp³-hybridized carbons (Fsp3) is 0.0345. The van der Waals surface area contributed by atoms with E-state index in [1.807, 2.05) is 121 Å². The first-order chi connectivity index (χ1) is 47.3. The third-order valence-electron chi connectivity index (χ3n) is 19.3. The lowest BCUT2D eigenvalue weighted by atomic mass is 9.82. The Morgan fingerprint density at radius 2 is 0.760 bits per heavy atom. The van der Waals surface area contributed by atoms with Crippen LogP contribution in [0.3, 0.4) is 0 Å². The van der Waals surface area contributed by atoms with Gasteiger partial charge in [-0.05, 0) is 129 Å². The molecule has 0 fully saturated rings. The molecule has 9 nitrogen and oxygen atoms in total. The van der Waals surface area contributed by atoms with Crippen LogP contribution in [0.5, 0.6) is 0 Å². The van der Waals surface area contributed by atoms with Crippen LogP contribution in [0.4, 0.5) is 0 Å². The van der Waals surface area contributed by atoms with Crippen LogP contribution < -0.4 is 0 Å². The third kappa shape index (κ3) is 8.85. The second-order valence-corrected chi connectivity index (χ2v) is 25.3. The molecule has 5 heterocycles. The van der Waals surface area contributed by atoms with Gasteiger partial charge in [0.05, 0.1) is 11.0 Å². The first-order valence-corrected chi connectivity index (χ1v) is 32.4. The van der Waals surface area contributed by atoms with Crippen LogP contribution in [0, 0.1) is 0 Å². The van der Waals surface area contributed by atoms with E-state index in [-0.39, 0.29) is 5.41 Å². The molecule has 0 atom stereocenters. The Bertz CT molecular complexity index is 6110. The van der Waals surface area contributed by atoms with E-state index in [2.05, 4.69) is 194 Å². The van der Waals surface area contributed by atoms with Crippen molar-refractivity contribution >= 4 is 65.7 Å². The Hall–Kier alpha value is -12.7. The predicted molar refractivity (Wildman–Crippen MR) is 389 cm³/mol. The summed E-state index contributed by atoms with van der Waals surface area (Å²) in [6.07, 6.45) is 0. The van der Waals surface area contributed by atoms with E-state index < -0.39 is 0 Å². The molecule has 0 saturated carbocycles. The van der Waals surface area contributed by atoms with Crippen molar-refractivity contribution < 1.29 is 8.83 Å². The maximum atomic E-state index is 7.29. The van der Waals surface area contributed by atoms with E-state index >= 15 is 0 Å². The molecule has 0 unspecified atom stereocenters. The molecule has 0 saturated heterocycles. The molecule has 0 radical (unpaired) electrons. The highest BCUT2D eigenvalue weighted by atomic mass is 16.3. The smallest absolute Gasteiger partial charge is 0.164 e. The molecule has 0 aliphatic heterocycles. The lowest BCUT2D eigenvalue weighted by Gasteiger charge is -2.21. The molecular formula is C87H55N7O2. The molecule has 18 aromatic rings. The Labute approximate surface area is 552 Å². The van der Waals surface area contributed by atoms with E-state index in [0.717, 1.165) is 127 Å². The van der Waals surface area contributed by atoms with Crippen molar-refractivity contribution in [1.82, 2.24) is 34.5 Å². The molecule has 9 heteroatoms. The molecule has 0 amide bonds. The van der Waals surface area contributed by atoms with E-state index in [0.29, 0.717) is 34.9 Å². The maximum Gasteiger partial charge on any atom is 0.164 e. The lowest BCUT2D eigenvalue weighted by molar-refractivity contribution is 0.661. The summed E-state index contributed by atoms with van der Waals surface area (Å²) in [4.78, 5) is 31.7. The molecule has 1 aliphatic carbocycles. The molecule has 0 N–H and O–H groups in total. The second-order valence-electron chi connectivity index (χ2n) is 25.3. The molecule has 0 spiro atoms. The molecule has 19 rings (SSSR count). The van der Waals surface area contributed by atoms with Gasteiger partial charge < -0.3 is 13.4 Å². The highest BCUT2D eigenvalue weighted by molar-refractivity contribution is 6.19. The highest BCUT2D eigenvalue weighted by Gasteiger charge is 2.36. The molecule has 5 aromatic heterocycles. The number of aromatic nitrogens is 7. The number of fused-ring (bicyclic) bond motifs is 12. The largest absolute Gasteiger partial charge is 0.456 e. The summed E-state index contributed by atoms with van der Waals surface area (Å²) in [6, 6.07) is 104. The first-order valence-electron chi connectivity index (χ1n) is 32.4. The van der Waals surface area contributed by atoms with Gasteiger partial charge in [0, 0.05) is 82.4 Å². The standard InChI is InChI=1S/C87H55N7O2/c1-87(2)71-38-19-17-34-62(71)67-50-69-68-49-57(41-45-73(68)94(74(69)51-72(67)87)59-31-13-6-14-32-59)60-43-44-66(86-91-81(52-23-7-3-8-24-52)88-82(92-86)53-25-9-4-10-26-53)79-70-48-56(42-46-76(70)96-80(60)79)55-29-21-30-58(47-55)84-89-83(54-27-11-5-12-28-54)90-85(93-84)64-35-16-15-33-61(64)63-37-22-40-77-78(63)65-36-18-20-39-75(65)95-77/h3-51H,1-2H3. The van der Waals surface area contributed by atoms with E-state index in [9.17, 15) is 0 Å². The van der Waals surface area contributed by atoms with Gasteiger partial charge in [-0.1, -0.05) is 232 Å². The Morgan fingerprint density at radius 1 is 0.260 bits per heavy atom. The molecule has 0 bridgehead atoms. The predicted octanol–water partition coefficient (Wildman–Crippen LogP) is 22.3. The van der Waals surface area contributed by atoms with Gasteiger partial charge in [-0.3, -0.25) is 0 Å². The van der Waals surface area contributed by atoms with Crippen LogP contribution >= 0.6 is 0 Å². The zero-order valence-corrected chi connectivity index (χ0v) is 52.2. The van der Waals surface area contributed by atoms with Crippen molar-refractivity contribution in [3.63, 3.8) is 0 Å². The van der Waals surface area contributed by atoms with Gasteiger partial charge in [-0.2, -0.15) is 0 Å². The van der Waals surface area contributed by atoms with E-state index in [1.54, 1.807) is 0 Å². The Morgan fingerprint density at radius 3 is 1.48 bits per heavy atom. The average molecular weight is 1230 g/mol. The number of nitrogens with zero attached hydrogens (tertiary/aromatic N) is 7. The summed E-state index contributed by atoms with van der Waals surface area (Å²) in [7, 11) is 0. The number of hydrogen-bond acceptors (Lipinski definition) is 8. The van der Waals surface area contributed by atoms with E-state index in [4.69, 9.17) is 38.7 Å². The van der Waals surface area contributed by atoms with Gasteiger partial charge in [-0.15, -0.1) is 0 Å². The summed E-state index contributed by atoms with van der Waals surface area (Å²) in [5, 5.41) is 6.23. The van der Waals surface area contributed by atoms with Gasteiger partial charge in [0.1, 0.15) is 22.3 Å². The number of para-hydroxylation sites is 2. The van der Waals surface area contributed by atoms with Gasteiger partial charge in [0.15, 0.2) is 34.9 Å². The van der Waals surface area contributed by atoms with Crippen molar-refractivity contribution in [2.24, 2.45) is 0 Å². The SMILES string of the molecule is CC1(C)c2ccccc2-c2cc3c4cc(-c5ccc(-c6nc(-c7ccccc7)nc(-c7ccccc7)n6)c6c5oc5ccc(-c7cccc(-c8nc(-c9ccccc9)nc(-c9ccccc9-c9cccc%10oc%11ccccc%11c9%10)n8)c7)cc56)ccc4n(-c4ccccc4)c3cc21. The highest BCUT2D eigenvalue weighted by Crippen LogP contribution is 2.52. The summed E-state index contributed by atoms with van der Waals surface area (Å²) in [5.41, 5.74) is 22.7. The molecular weight excluding hydrogens is 1180 g/mol. The van der Waals surface area contributed by atoms with Crippen LogP contribution in [0.2, 0.25) is 0 Å². The minimum atomic E-state index is -0.171.